The summed E-state index contributed by atoms with van der Waals surface area (Å²) in [6, 6.07) is 0. The fourth-order valence-corrected chi connectivity index (χ4v) is 3.16. The molecule has 0 spiro atoms. The second-order valence-electron chi connectivity index (χ2n) is 5.59. The Labute approximate surface area is 97.8 Å². The lowest BCUT2D eigenvalue weighted by Crippen LogP contribution is -2.42. The number of hydrogen-bond donors (Lipinski definition) is 1. The highest BCUT2D eigenvalue weighted by Gasteiger charge is 2.36. The van der Waals surface area contributed by atoms with Crippen LogP contribution in [0.4, 0.5) is 0 Å². The maximum absolute atomic E-state index is 11.3. The van der Waals surface area contributed by atoms with Crippen molar-refractivity contribution >= 4 is 6.29 Å². The minimum atomic E-state index is -0.0357. The number of aliphatic hydroxyl groups excluding tert-OH is 1. The molecule has 0 atom stereocenters. The molecule has 2 fully saturated rings. The largest absolute Gasteiger partial charge is 0.396 e. The minimum Gasteiger partial charge on any atom is -0.396 e. The molecule has 1 saturated carbocycles. The number of nitrogens with zero attached hydrogens (tertiary/aromatic N) is 1. The Bertz CT molecular complexity index is 228. The molecule has 0 aromatic heterocycles. The molecule has 0 aromatic carbocycles. The number of piperidine rings is 1. The molecule has 0 unspecified atom stereocenters. The zero-order valence-corrected chi connectivity index (χ0v) is 10.0. The van der Waals surface area contributed by atoms with Gasteiger partial charge in [-0.05, 0) is 44.7 Å². The van der Waals surface area contributed by atoms with E-state index in [1.165, 1.54) is 19.1 Å². The molecule has 0 amide bonds. The molecule has 3 heteroatoms. The van der Waals surface area contributed by atoms with Crippen molar-refractivity contribution in [1.82, 2.24) is 4.90 Å². The molecule has 1 aliphatic carbocycles. The van der Waals surface area contributed by atoms with E-state index in [-0.39, 0.29) is 5.41 Å². The molecule has 1 heterocycles. The van der Waals surface area contributed by atoms with Gasteiger partial charge >= 0.3 is 0 Å². The van der Waals surface area contributed by atoms with Crippen LogP contribution in [0.3, 0.4) is 0 Å². The molecule has 1 aliphatic heterocycles. The molecule has 0 aromatic rings. The van der Waals surface area contributed by atoms with E-state index < -0.39 is 0 Å². The maximum Gasteiger partial charge on any atom is 0.127 e. The van der Waals surface area contributed by atoms with Gasteiger partial charge in [0.2, 0.25) is 0 Å². The molecule has 16 heavy (non-hydrogen) atoms. The summed E-state index contributed by atoms with van der Waals surface area (Å²) >= 11 is 0. The van der Waals surface area contributed by atoms with Gasteiger partial charge in [-0.2, -0.15) is 0 Å². The van der Waals surface area contributed by atoms with Gasteiger partial charge in [-0.25, -0.2) is 0 Å². The molecule has 0 radical (unpaired) electrons. The van der Waals surface area contributed by atoms with Gasteiger partial charge in [0.05, 0.1) is 0 Å². The summed E-state index contributed by atoms with van der Waals surface area (Å²) in [6.07, 6.45) is 7.97. The van der Waals surface area contributed by atoms with Crippen LogP contribution in [0, 0.1) is 11.3 Å². The molecule has 3 nitrogen and oxygen atoms in total. The van der Waals surface area contributed by atoms with Gasteiger partial charge in [0, 0.05) is 18.6 Å². The van der Waals surface area contributed by atoms with Crippen LogP contribution in [0.2, 0.25) is 0 Å². The first-order valence-corrected chi connectivity index (χ1v) is 6.57. The van der Waals surface area contributed by atoms with Gasteiger partial charge in [0.15, 0.2) is 0 Å². The quantitative estimate of drug-likeness (QED) is 0.736. The third-order valence-electron chi connectivity index (χ3n) is 4.35. The van der Waals surface area contributed by atoms with Gasteiger partial charge < -0.3 is 14.8 Å². The number of carbonyl (C=O) groups excluding carboxylic acids is 1. The van der Waals surface area contributed by atoms with Gasteiger partial charge in [-0.15, -0.1) is 0 Å². The van der Waals surface area contributed by atoms with Crippen LogP contribution in [0.5, 0.6) is 0 Å². The van der Waals surface area contributed by atoms with E-state index in [0.717, 1.165) is 45.3 Å². The maximum atomic E-state index is 11.3. The lowest BCUT2D eigenvalue weighted by Gasteiger charge is -2.36. The normalized spacial score (nSPS) is 27.1. The molecule has 92 valence electrons. The Morgan fingerprint density at radius 1 is 1.25 bits per heavy atom. The fraction of sp³-hybridized carbons (Fsp3) is 0.923. The van der Waals surface area contributed by atoms with E-state index in [0.29, 0.717) is 12.5 Å². The Kier molecular flexibility index (Phi) is 3.98. The van der Waals surface area contributed by atoms with Crippen molar-refractivity contribution in [3.63, 3.8) is 0 Å². The standard InChI is InChI=1S/C13H23NO2/c15-9-12-3-7-14(8-4-12)10-13(11-16)5-1-2-6-13/h11-12,15H,1-10H2. The highest BCUT2D eigenvalue weighted by molar-refractivity contribution is 5.60. The van der Waals surface area contributed by atoms with E-state index in [4.69, 9.17) is 5.11 Å². The van der Waals surface area contributed by atoms with Crippen molar-refractivity contribution in [1.29, 1.82) is 0 Å². The van der Waals surface area contributed by atoms with Crippen LogP contribution in [-0.4, -0.2) is 42.5 Å². The average Bonchev–Trinajstić information content (AvgIpc) is 2.79. The van der Waals surface area contributed by atoms with Crippen molar-refractivity contribution in [3.8, 4) is 0 Å². The van der Waals surface area contributed by atoms with Crippen LogP contribution >= 0.6 is 0 Å². The van der Waals surface area contributed by atoms with Crippen molar-refractivity contribution in [2.45, 2.75) is 38.5 Å². The molecule has 0 bridgehead atoms. The summed E-state index contributed by atoms with van der Waals surface area (Å²) < 4.78 is 0. The van der Waals surface area contributed by atoms with Crippen LogP contribution in [0.25, 0.3) is 0 Å². The van der Waals surface area contributed by atoms with Crippen LogP contribution in [-0.2, 0) is 4.79 Å². The van der Waals surface area contributed by atoms with Crippen molar-refractivity contribution < 1.29 is 9.90 Å². The second kappa shape index (κ2) is 5.28. The van der Waals surface area contributed by atoms with E-state index in [9.17, 15) is 4.79 Å². The molecular weight excluding hydrogens is 202 g/mol. The molecule has 1 N–H and O–H groups in total. The zero-order chi connectivity index (χ0) is 11.4. The predicted octanol–water partition coefficient (Wildman–Crippen LogP) is 1.45. The number of likely N-dealkylation sites (tertiary alicyclic amines) is 1. The van der Waals surface area contributed by atoms with E-state index in [1.54, 1.807) is 0 Å². The molecule has 2 aliphatic rings. The van der Waals surface area contributed by atoms with Crippen molar-refractivity contribution in [2.75, 3.05) is 26.2 Å². The zero-order valence-electron chi connectivity index (χ0n) is 10.0. The summed E-state index contributed by atoms with van der Waals surface area (Å²) in [5.41, 5.74) is -0.0357. The summed E-state index contributed by atoms with van der Waals surface area (Å²) in [5, 5.41) is 9.08. The Balaban J connectivity index is 1.83. The second-order valence-corrected chi connectivity index (χ2v) is 5.59. The van der Waals surface area contributed by atoms with Gasteiger partial charge in [0.25, 0.3) is 0 Å². The lowest BCUT2D eigenvalue weighted by atomic mass is 9.86. The fourth-order valence-electron chi connectivity index (χ4n) is 3.16. The smallest absolute Gasteiger partial charge is 0.127 e. The average molecular weight is 225 g/mol. The number of rotatable bonds is 4. The molecular formula is C13H23NO2. The van der Waals surface area contributed by atoms with E-state index in [2.05, 4.69) is 4.90 Å². The number of aliphatic hydroxyl groups is 1. The Morgan fingerprint density at radius 2 is 1.88 bits per heavy atom. The lowest BCUT2D eigenvalue weighted by molar-refractivity contribution is -0.117. The van der Waals surface area contributed by atoms with Crippen molar-refractivity contribution in [2.24, 2.45) is 11.3 Å². The first kappa shape index (κ1) is 12.1. The third-order valence-corrected chi connectivity index (χ3v) is 4.35. The molecule has 2 rings (SSSR count). The predicted molar refractivity (Wildman–Crippen MR) is 63.2 cm³/mol. The molecule has 1 saturated heterocycles. The first-order valence-electron chi connectivity index (χ1n) is 6.57. The summed E-state index contributed by atoms with van der Waals surface area (Å²) in [7, 11) is 0. The van der Waals surface area contributed by atoms with Crippen molar-refractivity contribution in [3.05, 3.63) is 0 Å². The minimum absolute atomic E-state index is 0.0357. The number of hydrogen-bond acceptors (Lipinski definition) is 3. The number of aldehydes is 1. The summed E-state index contributed by atoms with van der Waals surface area (Å²) in [6.45, 7) is 3.39. The Morgan fingerprint density at radius 3 is 2.38 bits per heavy atom. The topological polar surface area (TPSA) is 40.5 Å². The van der Waals surface area contributed by atoms with Gasteiger partial charge in [-0.3, -0.25) is 0 Å². The monoisotopic (exact) mass is 225 g/mol. The first-order chi connectivity index (χ1) is 7.78. The van der Waals surface area contributed by atoms with E-state index >= 15 is 0 Å². The highest BCUT2D eigenvalue weighted by atomic mass is 16.3. The van der Waals surface area contributed by atoms with Crippen LogP contribution in [0.1, 0.15) is 38.5 Å². The summed E-state index contributed by atoms with van der Waals surface area (Å²) in [4.78, 5) is 13.7. The SMILES string of the molecule is O=CC1(CN2CCC(CO)CC2)CCCC1. The van der Waals surface area contributed by atoms with E-state index in [1.807, 2.05) is 0 Å². The summed E-state index contributed by atoms with van der Waals surface area (Å²) in [5.74, 6) is 0.493. The van der Waals surface area contributed by atoms with Crippen LogP contribution < -0.4 is 0 Å². The number of carbonyl (C=O) groups is 1. The van der Waals surface area contributed by atoms with Gasteiger partial charge in [0.1, 0.15) is 6.29 Å². The van der Waals surface area contributed by atoms with Crippen LogP contribution in [0.15, 0.2) is 0 Å². The third kappa shape index (κ3) is 2.64. The Hall–Kier alpha value is -0.410. The highest BCUT2D eigenvalue weighted by Crippen LogP contribution is 2.37. The van der Waals surface area contributed by atoms with Gasteiger partial charge in [-0.1, -0.05) is 12.8 Å².